The second-order valence-corrected chi connectivity index (χ2v) is 13.9. The van der Waals surface area contributed by atoms with Gasteiger partial charge in [0.15, 0.2) is 0 Å². The summed E-state index contributed by atoms with van der Waals surface area (Å²) < 4.78 is 2.55. The second-order valence-electron chi connectivity index (χ2n) is 13.9. The predicted octanol–water partition coefficient (Wildman–Crippen LogP) is 11.3. The standard InChI is InChI=1S/C41H51N2/c1-26(2)36-21-34(32-15-11-30(9)12-16-32)22-37(27(3)4)40(36)42-19-20-43(25-42)41-38(28(5)6)23-35(24-39(41)29(7)8)33-17-13-31(10)14-18-33/h11-18,21-29H,19-20H2,1-10H3/q+1. The molecule has 5 rings (SSSR count). The Kier molecular flexibility index (Phi) is 8.97. The molecule has 0 aliphatic carbocycles. The number of benzene rings is 4. The van der Waals surface area contributed by atoms with E-state index >= 15 is 0 Å². The highest BCUT2D eigenvalue weighted by atomic mass is 15.3. The van der Waals surface area contributed by atoms with Gasteiger partial charge in [0.1, 0.15) is 24.5 Å². The van der Waals surface area contributed by atoms with Crippen molar-refractivity contribution in [3.63, 3.8) is 0 Å². The van der Waals surface area contributed by atoms with Gasteiger partial charge in [0.25, 0.3) is 0 Å². The Morgan fingerprint density at radius 2 is 0.884 bits per heavy atom. The first-order valence-electron chi connectivity index (χ1n) is 16.3. The largest absolute Gasteiger partial charge is 0.244 e. The molecule has 0 bridgehead atoms. The third kappa shape index (κ3) is 6.35. The van der Waals surface area contributed by atoms with Gasteiger partial charge in [0, 0.05) is 22.3 Å². The van der Waals surface area contributed by atoms with E-state index in [4.69, 9.17) is 0 Å². The molecule has 1 aliphatic heterocycles. The molecule has 1 aliphatic rings. The van der Waals surface area contributed by atoms with Crippen molar-refractivity contribution in [2.45, 2.75) is 92.9 Å². The van der Waals surface area contributed by atoms with Crippen molar-refractivity contribution in [3.8, 4) is 22.3 Å². The van der Waals surface area contributed by atoms with Gasteiger partial charge in [-0.3, -0.25) is 0 Å². The Morgan fingerprint density at radius 3 is 1.26 bits per heavy atom. The van der Waals surface area contributed by atoms with Crippen LogP contribution >= 0.6 is 0 Å². The summed E-state index contributed by atoms with van der Waals surface area (Å²) in [6.45, 7) is 25.0. The van der Waals surface area contributed by atoms with Gasteiger partial charge < -0.3 is 0 Å². The molecule has 0 unspecified atom stereocenters. The maximum absolute atomic E-state index is 2.55. The minimum absolute atomic E-state index is 0.423. The zero-order valence-corrected chi connectivity index (χ0v) is 28.1. The first-order valence-corrected chi connectivity index (χ1v) is 16.3. The highest BCUT2D eigenvalue weighted by Crippen LogP contribution is 2.42. The summed E-state index contributed by atoms with van der Waals surface area (Å²) in [5, 5.41) is 0. The van der Waals surface area contributed by atoms with E-state index in [1.807, 2.05) is 0 Å². The minimum atomic E-state index is 0.423. The van der Waals surface area contributed by atoms with Crippen LogP contribution in [0.3, 0.4) is 0 Å². The van der Waals surface area contributed by atoms with Gasteiger partial charge in [-0.25, -0.2) is 9.48 Å². The molecular weight excluding hydrogens is 520 g/mol. The average Bonchev–Trinajstić information content (AvgIpc) is 3.46. The van der Waals surface area contributed by atoms with E-state index in [1.54, 1.807) is 0 Å². The third-order valence-corrected chi connectivity index (χ3v) is 9.03. The van der Waals surface area contributed by atoms with Gasteiger partial charge in [0.05, 0.1) is 0 Å². The highest BCUT2D eigenvalue weighted by molar-refractivity contribution is 5.85. The molecule has 0 saturated carbocycles. The lowest BCUT2D eigenvalue weighted by atomic mass is 9.88. The maximum Gasteiger partial charge on any atom is 0.244 e. The van der Waals surface area contributed by atoms with Gasteiger partial charge in [-0.1, -0.05) is 115 Å². The van der Waals surface area contributed by atoms with Crippen LogP contribution in [-0.2, 0) is 0 Å². The topological polar surface area (TPSA) is 6.25 Å². The third-order valence-electron chi connectivity index (χ3n) is 9.03. The summed E-state index contributed by atoms with van der Waals surface area (Å²) in [5.74, 6) is 1.69. The van der Waals surface area contributed by atoms with Crippen molar-refractivity contribution >= 4 is 17.7 Å². The summed E-state index contributed by atoms with van der Waals surface area (Å²) in [6, 6.07) is 27.8. The molecule has 4 aromatic rings. The zero-order valence-electron chi connectivity index (χ0n) is 28.1. The van der Waals surface area contributed by atoms with Crippen LogP contribution in [0.1, 0.15) is 112 Å². The molecule has 2 nitrogen and oxygen atoms in total. The quantitative estimate of drug-likeness (QED) is 0.191. The van der Waals surface area contributed by atoms with Crippen LogP contribution in [0.5, 0.6) is 0 Å². The van der Waals surface area contributed by atoms with Crippen LogP contribution in [0.4, 0.5) is 11.4 Å². The van der Waals surface area contributed by atoms with Crippen molar-refractivity contribution < 1.29 is 4.58 Å². The van der Waals surface area contributed by atoms with E-state index in [2.05, 4.69) is 158 Å². The smallest absolute Gasteiger partial charge is 0.229 e. The lowest BCUT2D eigenvalue weighted by molar-refractivity contribution is -0.425. The first kappa shape index (κ1) is 30.8. The molecule has 43 heavy (non-hydrogen) atoms. The predicted molar refractivity (Wildman–Crippen MR) is 188 cm³/mol. The minimum Gasteiger partial charge on any atom is -0.229 e. The Balaban J connectivity index is 1.65. The van der Waals surface area contributed by atoms with Crippen LogP contribution < -0.4 is 4.90 Å². The second kappa shape index (κ2) is 12.5. The lowest BCUT2D eigenvalue weighted by Crippen LogP contribution is -2.22. The number of hydrogen-bond acceptors (Lipinski definition) is 1. The fraction of sp³-hybridized carbons (Fsp3) is 0.390. The van der Waals surface area contributed by atoms with Crippen molar-refractivity contribution in [2.75, 3.05) is 18.0 Å². The van der Waals surface area contributed by atoms with E-state index in [1.165, 1.54) is 67.0 Å². The number of hydrogen-bond donors (Lipinski definition) is 0. The normalized spacial score (nSPS) is 13.6. The molecule has 4 aromatic carbocycles. The molecule has 0 aromatic heterocycles. The SMILES string of the molecule is Cc1ccc(-c2cc(C(C)C)c(N3C=[N+](c4c(C(C)C)cc(-c5ccc(C)cc5)cc4C(C)C)CC3)c(C(C)C)c2)cc1. The molecule has 0 radical (unpaired) electrons. The van der Waals surface area contributed by atoms with Crippen LogP contribution in [-0.4, -0.2) is 24.0 Å². The number of anilines is 1. The lowest BCUT2D eigenvalue weighted by Gasteiger charge is -2.23. The number of rotatable bonds is 8. The Hall–Kier alpha value is -3.65. The van der Waals surface area contributed by atoms with Gasteiger partial charge in [-0.15, -0.1) is 0 Å². The number of aryl methyl sites for hydroxylation is 2. The van der Waals surface area contributed by atoms with Gasteiger partial charge >= 0.3 is 0 Å². The van der Waals surface area contributed by atoms with E-state index in [0.717, 1.165) is 13.1 Å². The van der Waals surface area contributed by atoms with Gasteiger partial charge in [0.2, 0.25) is 6.34 Å². The van der Waals surface area contributed by atoms with Crippen molar-refractivity contribution in [1.29, 1.82) is 0 Å². The Morgan fingerprint density at radius 1 is 0.512 bits per heavy atom. The summed E-state index contributed by atoms with van der Waals surface area (Å²) in [5.41, 5.74) is 16.4. The van der Waals surface area contributed by atoms with Crippen LogP contribution in [0, 0.1) is 13.8 Å². The van der Waals surface area contributed by atoms with Crippen LogP contribution in [0.15, 0.2) is 72.8 Å². The van der Waals surface area contributed by atoms with E-state index in [-0.39, 0.29) is 0 Å². The molecule has 224 valence electrons. The Labute approximate surface area is 261 Å². The Bertz CT molecular complexity index is 1560. The van der Waals surface area contributed by atoms with Gasteiger partial charge in [-0.05, 0) is 84.0 Å². The van der Waals surface area contributed by atoms with Crippen LogP contribution in [0.25, 0.3) is 22.3 Å². The molecule has 0 fully saturated rings. The molecule has 2 heteroatoms. The van der Waals surface area contributed by atoms with E-state index in [0.29, 0.717) is 23.7 Å². The fourth-order valence-corrected chi connectivity index (χ4v) is 6.45. The summed E-state index contributed by atoms with van der Waals surface area (Å²) in [7, 11) is 0. The molecule has 0 saturated heterocycles. The molecule has 1 heterocycles. The summed E-state index contributed by atoms with van der Waals surface area (Å²) in [6.07, 6.45) is 2.41. The van der Waals surface area contributed by atoms with Gasteiger partial charge in [-0.2, -0.15) is 0 Å². The van der Waals surface area contributed by atoms with Crippen molar-refractivity contribution in [3.05, 3.63) is 106 Å². The van der Waals surface area contributed by atoms with Crippen molar-refractivity contribution in [1.82, 2.24) is 0 Å². The summed E-state index contributed by atoms with van der Waals surface area (Å²) in [4.78, 5) is 2.55. The average molecular weight is 572 g/mol. The molecule has 0 atom stereocenters. The molecule has 0 amide bonds. The zero-order chi connectivity index (χ0) is 31.0. The number of nitrogens with zero attached hydrogens (tertiary/aromatic N) is 2. The summed E-state index contributed by atoms with van der Waals surface area (Å²) >= 11 is 0. The monoisotopic (exact) mass is 571 g/mol. The maximum atomic E-state index is 2.55. The van der Waals surface area contributed by atoms with Crippen LogP contribution in [0.2, 0.25) is 0 Å². The molecule has 0 spiro atoms. The highest BCUT2D eigenvalue weighted by Gasteiger charge is 2.32. The molecule has 0 N–H and O–H groups in total. The van der Waals surface area contributed by atoms with E-state index < -0.39 is 0 Å². The fourth-order valence-electron chi connectivity index (χ4n) is 6.45. The first-order chi connectivity index (χ1) is 20.4. The van der Waals surface area contributed by atoms with E-state index in [9.17, 15) is 0 Å². The molecular formula is C41H51N2+. The van der Waals surface area contributed by atoms with Crippen molar-refractivity contribution in [2.24, 2.45) is 0 Å².